The van der Waals surface area contributed by atoms with Crippen LogP contribution in [-0.4, -0.2) is 40.5 Å². The van der Waals surface area contributed by atoms with E-state index < -0.39 is 0 Å². The van der Waals surface area contributed by atoms with Crippen LogP contribution < -0.4 is 0 Å². The van der Waals surface area contributed by atoms with E-state index in [1.165, 1.54) is 89.9 Å². The molecule has 0 amide bonds. The Balaban J connectivity index is 3.04. The van der Waals surface area contributed by atoms with Gasteiger partial charge in [0.25, 0.3) is 0 Å². The van der Waals surface area contributed by atoms with E-state index in [9.17, 15) is 4.79 Å². The molecule has 0 bridgehead atoms. The van der Waals surface area contributed by atoms with Gasteiger partial charge in [0.05, 0.1) is 0 Å². The summed E-state index contributed by atoms with van der Waals surface area (Å²) in [4.78, 5) is 11.3. The summed E-state index contributed by atoms with van der Waals surface area (Å²) in [5.41, 5.74) is 0. The van der Waals surface area contributed by atoms with Crippen LogP contribution >= 0.6 is 0 Å². The van der Waals surface area contributed by atoms with Crippen LogP contribution in [0.15, 0.2) is 0 Å². The molecule has 0 aromatic heterocycles. The van der Waals surface area contributed by atoms with E-state index in [1.807, 2.05) is 0 Å². The molecule has 0 atom stereocenters. The normalized spacial score (nSPS) is 10.9. The first kappa shape index (κ1) is 23.5. The first-order chi connectivity index (χ1) is 11.3. The third kappa shape index (κ3) is 20.4. The zero-order valence-corrected chi connectivity index (χ0v) is 18.0. The summed E-state index contributed by atoms with van der Waals surface area (Å²) in [7, 11) is 0. The fraction of sp³-hybridized carbons (Fsp3) is 0.950. The summed E-state index contributed by atoms with van der Waals surface area (Å²) < 4.78 is 6.17. The topological polar surface area (TPSA) is 26.3 Å². The van der Waals surface area contributed by atoms with E-state index in [4.69, 9.17) is 4.74 Å². The number of rotatable bonds is 18. The van der Waals surface area contributed by atoms with Crippen molar-refractivity contribution >= 4 is 33.9 Å². The Morgan fingerprint density at radius 1 is 0.696 bits per heavy atom. The third-order valence-corrected chi connectivity index (χ3v) is 4.86. The number of unbranched alkanes of at least 4 members (excludes halogenated alkanes) is 14. The monoisotopic (exact) mass is 334 g/mol. The minimum absolute atomic E-state index is 0.00976. The van der Waals surface area contributed by atoms with Crippen molar-refractivity contribution in [3.8, 4) is 0 Å². The van der Waals surface area contributed by atoms with Crippen molar-refractivity contribution in [2.45, 2.75) is 113 Å². The molecule has 0 radical (unpaired) electrons. The van der Waals surface area contributed by atoms with Gasteiger partial charge in [-0.1, -0.05) is 58.3 Å². The first-order valence-electron chi connectivity index (χ1n) is 10.5. The second kappa shape index (κ2) is 20.5. The molecule has 23 heavy (non-hydrogen) atoms. The van der Waals surface area contributed by atoms with Crippen LogP contribution in [-0.2, 0) is 9.53 Å². The van der Waals surface area contributed by atoms with E-state index in [1.54, 1.807) is 0 Å². The molecular weight excluding hydrogens is 295 g/mol. The number of ether oxygens (including phenoxy) is 1. The Labute approximate surface area is 162 Å². The number of hydrogen-bond acceptors (Lipinski definition) is 2. The van der Waals surface area contributed by atoms with Gasteiger partial charge in [-0.2, -0.15) is 0 Å². The van der Waals surface area contributed by atoms with E-state index in [0.29, 0.717) is 13.0 Å². The van der Waals surface area contributed by atoms with Crippen molar-refractivity contribution in [1.82, 2.24) is 0 Å². The fourth-order valence-electron chi connectivity index (χ4n) is 2.93. The summed E-state index contributed by atoms with van der Waals surface area (Å²) in [6, 6.07) is 0. The molecule has 132 valence electrons. The molecule has 0 aromatic rings. The van der Waals surface area contributed by atoms with Gasteiger partial charge in [-0.3, -0.25) is 0 Å². The number of hydrogen-bond donors (Lipinski definition) is 0. The maximum atomic E-state index is 11.3. The molecule has 0 aliphatic rings. The zero-order chi connectivity index (χ0) is 17.0. The Kier molecular flexibility index (Phi) is 20.9. The minimum atomic E-state index is 0.00976. The Morgan fingerprint density at radius 2 is 1.09 bits per heavy atom. The molecule has 0 heterocycles. The van der Waals surface area contributed by atoms with Gasteiger partial charge in [0.2, 0.25) is 0 Å². The molecule has 0 saturated heterocycles. The molecule has 0 unspecified atom stereocenters. The predicted octanol–water partition coefficient (Wildman–Crippen LogP) is 6.38. The van der Waals surface area contributed by atoms with E-state index in [-0.39, 0.29) is 5.97 Å². The fourth-order valence-corrected chi connectivity index (χ4v) is 3.13. The standard InChI is InChI=1S/C20H39O2.Na/c1-3-5-6-7-8-9-10-11-12-13-14-15-16-17-18-19-20(21)22-4-2;/h2-19H2,1H3;. The van der Waals surface area contributed by atoms with Crippen LogP contribution in [0.25, 0.3) is 0 Å². The number of carbonyl (C=O) groups is 1. The number of carbonyl (C=O) groups excluding carboxylic acids is 1. The van der Waals surface area contributed by atoms with Crippen molar-refractivity contribution in [2.24, 2.45) is 0 Å². The quantitative estimate of drug-likeness (QED) is 0.165. The maximum absolute atomic E-state index is 11.3. The molecule has 0 saturated carbocycles. The Bertz CT molecular complexity index is 244. The van der Waals surface area contributed by atoms with Crippen LogP contribution in [0.1, 0.15) is 110 Å². The molecule has 0 fully saturated rings. The van der Waals surface area contributed by atoms with Crippen molar-refractivity contribution in [3.63, 3.8) is 0 Å². The summed E-state index contributed by atoms with van der Waals surface area (Å²) in [6.45, 7) is 2.92. The average molecular weight is 335 g/mol. The summed E-state index contributed by atoms with van der Waals surface area (Å²) in [6.07, 6.45) is 21.1. The molecule has 2 nitrogen and oxygen atoms in total. The van der Waals surface area contributed by atoms with Gasteiger partial charge < -0.3 is 0 Å². The van der Waals surface area contributed by atoms with Crippen molar-refractivity contribution in [3.05, 3.63) is 0 Å². The molecule has 0 spiro atoms. The predicted molar refractivity (Wildman–Crippen MR) is 101 cm³/mol. The number of esters is 1. The Morgan fingerprint density at radius 3 is 1.48 bits per heavy atom. The van der Waals surface area contributed by atoms with Crippen LogP contribution in [0.4, 0.5) is 0 Å². The molecule has 0 N–H and O–H groups in total. The van der Waals surface area contributed by atoms with Gasteiger partial charge in [0.1, 0.15) is 0 Å². The van der Waals surface area contributed by atoms with Gasteiger partial charge in [0, 0.05) is 0 Å². The van der Waals surface area contributed by atoms with E-state index in [2.05, 4.69) is 6.92 Å². The van der Waals surface area contributed by atoms with Crippen LogP contribution in [0.2, 0.25) is 3.67 Å². The van der Waals surface area contributed by atoms with Gasteiger partial charge in [-0.25, -0.2) is 0 Å². The molecular formula is C20H39NaO2. The van der Waals surface area contributed by atoms with Gasteiger partial charge >= 0.3 is 105 Å². The van der Waals surface area contributed by atoms with E-state index in [0.717, 1.165) is 38.0 Å². The third-order valence-electron chi connectivity index (χ3n) is 4.45. The Hall–Kier alpha value is 0.470. The summed E-state index contributed by atoms with van der Waals surface area (Å²) in [5, 5.41) is 0. The molecule has 0 aliphatic heterocycles. The second-order valence-corrected chi connectivity index (χ2v) is 7.92. The van der Waals surface area contributed by atoms with Gasteiger partial charge in [-0.15, -0.1) is 0 Å². The van der Waals surface area contributed by atoms with Crippen LogP contribution in [0.5, 0.6) is 0 Å². The molecule has 0 aromatic carbocycles. The second-order valence-electron chi connectivity index (χ2n) is 6.92. The first-order valence-corrected chi connectivity index (χ1v) is 11.9. The van der Waals surface area contributed by atoms with Crippen LogP contribution in [0.3, 0.4) is 0 Å². The van der Waals surface area contributed by atoms with Gasteiger partial charge in [-0.05, 0) is 0 Å². The van der Waals surface area contributed by atoms with Crippen molar-refractivity contribution < 1.29 is 9.53 Å². The van der Waals surface area contributed by atoms with Crippen LogP contribution in [0, 0.1) is 0 Å². The van der Waals surface area contributed by atoms with Crippen molar-refractivity contribution in [1.29, 1.82) is 0 Å². The molecule has 0 rings (SSSR count). The summed E-state index contributed by atoms with van der Waals surface area (Å²) in [5.74, 6) is 0.00976. The van der Waals surface area contributed by atoms with E-state index >= 15 is 0 Å². The molecule has 3 heteroatoms. The summed E-state index contributed by atoms with van der Waals surface area (Å²) >= 11 is 1.12. The SMILES string of the molecule is CCCCCCCCCCCCCCCCCC(=O)OC[CH2][Na]. The van der Waals surface area contributed by atoms with Crippen molar-refractivity contribution in [2.75, 3.05) is 6.61 Å². The van der Waals surface area contributed by atoms with Gasteiger partial charge in [0.15, 0.2) is 0 Å². The zero-order valence-electron chi connectivity index (χ0n) is 16.0. The molecule has 0 aliphatic carbocycles. The average Bonchev–Trinajstić information content (AvgIpc) is 2.56.